The van der Waals surface area contributed by atoms with Crippen LogP contribution in [0.1, 0.15) is 29.0 Å². The summed E-state index contributed by atoms with van der Waals surface area (Å²) in [4.78, 5) is 2.60. The van der Waals surface area contributed by atoms with Gasteiger partial charge in [-0.2, -0.15) is 8.42 Å². The monoisotopic (exact) mass is 451 g/mol. The number of aryl methyl sites for hydroxylation is 1. The van der Waals surface area contributed by atoms with Gasteiger partial charge in [0.25, 0.3) is 10.1 Å². The van der Waals surface area contributed by atoms with E-state index < -0.39 is 10.1 Å². The fourth-order valence-corrected chi connectivity index (χ4v) is 4.94. The molecule has 0 bridgehead atoms. The van der Waals surface area contributed by atoms with Crippen molar-refractivity contribution < 1.29 is 13.0 Å². The van der Waals surface area contributed by atoms with Crippen LogP contribution in [0.4, 0.5) is 0 Å². The number of halogens is 1. The molecule has 4 rings (SSSR count). The van der Waals surface area contributed by atoms with E-state index in [-0.39, 0.29) is 0 Å². The van der Waals surface area contributed by atoms with Gasteiger partial charge in [0.2, 0.25) is 0 Å². The zero-order valence-corrected chi connectivity index (χ0v) is 18.1. The Morgan fingerprint density at radius 1 is 1.19 bits per heavy atom. The lowest BCUT2D eigenvalue weighted by Crippen LogP contribution is -2.32. The SMILES string of the molecule is CN1C[C@@H]2c3ccc(Br)cc3CCC2[C@H]1Cc1ccccc1.CS(=O)(=O)O. The third-order valence-electron chi connectivity index (χ3n) is 5.60. The van der Waals surface area contributed by atoms with Crippen molar-refractivity contribution in [3.05, 3.63) is 69.7 Å². The first-order chi connectivity index (χ1) is 12.7. The van der Waals surface area contributed by atoms with Crippen LogP contribution in [0.5, 0.6) is 0 Å². The van der Waals surface area contributed by atoms with E-state index in [0.29, 0.717) is 12.3 Å². The number of nitrogens with zero attached hydrogens (tertiary/aromatic N) is 1. The van der Waals surface area contributed by atoms with Crippen molar-refractivity contribution in [1.82, 2.24) is 4.90 Å². The smallest absolute Gasteiger partial charge is 0.261 e. The molecule has 3 atom stereocenters. The van der Waals surface area contributed by atoms with Gasteiger partial charge < -0.3 is 4.90 Å². The standard InChI is InChI=1S/C20H22BrN.CH4O3S/c1-22-13-19-17-10-8-16(21)12-15(17)7-9-18(19)20(22)11-14-5-3-2-4-6-14;1-5(2,3)4/h2-6,8,10,12,18-20H,7,9,11,13H2,1H3;1H3,(H,2,3,4)/t18?,19-,20-;/m1./s1. The molecule has 0 spiro atoms. The molecule has 0 radical (unpaired) electrons. The lowest BCUT2D eigenvalue weighted by molar-refractivity contribution is 0.259. The van der Waals surface area contributed by atoms with Gasteiger partial charge in [0.15, 0.2) is 0 Å². The van der Waals surface area contributed by atoms with Crippen LogP contribution in [0.25, 0.3) is 0 Å². The molecule has 1 aliphatic carbocycles. The maximum atomic E-state index is 9.19. The number of hydrogen-bond donors (Lipinski definition) is 1. The highest BCUT2D eigenvalue weighted by Crippen LogP contribution is 2.45. The quantitative estimate of drug-likeness (QED) is 0.696. The second kappa shape index (κ2) is 8.43. The van der Waals surface area contributed by atoms with Gasteiger partial charge in [-0.05, 0) is 61.1 Å². The maximum absolute atomic E-state index is 9.19. The third-order valence-corrected chi connectivity index (χ3v) is 6.09. The summed E-state index contributed by atoms with van der Waals surface area (Å²) >= 11 is 3.62. The number of benzene rings is 2. The van der Waals surface area contributed by atoms with Crippen LogP contribution in [0, 0.1) is 5.92 Å². The van der Waals surface area contributed by atoms with Gasteiger partial charge in [-0.1, -0.05) is 52.3 Å². The van der Waals surface area contributed by atoms with Crippen LogP contribution in [-0.4, -0.2) is 43.8 Å². The lowest BCUT2D eigenvalue weighted by Gasteiger charge is -2.31. The van der Waals surface area contributed by atoms with E-state index in [0.717, 1.165) is 11.8 Å². The molecule has 2 aromatic carbocycles. The molecule has 2 aliphatic rings. The predicted molar refractivity (Wildman–Crippen MR) is 113 cm³/mol. The Morgan fingerprint density at radius 3 is 2.52 bits per heavy atom. The second-order valence-corrected chi connectivity index (χ2v) is 9.96. The molecular formula is C21H26BrNO3S. The zero-order valence-electron chi connectivity index (χ0n) is 15.7. The van der Waals surface area contributed by atoms with E-state index in [1.165, 1.54) is 35.8 Å². The van der Waals surface area contributed by atoms with E-state index in [1.807, 2.05) is 0 Å². The summed E-state index contributed by atoms with van der Waals surface area (Å²) in [6, 6.07) is 18.6. The van der Waals surface area contributed by atoms with Gasteiger partial charge in [0.1, 0.15) is 0 Å². The minimum Gasteiger partial charge on any atom is -0.302 e. The van der Waals surface area contributed by atoms with Gasteiger partial charge in [-0.25, -0.2) is 0 Å². The number of likely N-dealkylation sites (tertiary alicyclic amines) is 1. The molecule has 1 fully saturated rings. The van der Waals surface area contributed by atoms with Crippen molar-refractivity contribution in [3.8, 4) is 0 Å². The molecule has 0 amide bonds. The van der Waals surface area contributed by atoms with Crippen LogP contribution in [-0.2, 0) is 23.0 Å². The summed E-state index contributed by atoms with van der Waals surface area (Å²) in [6.07, 6.45) is 4.46. The number of likely N-dealkylation sites (N-methyl/N-ethyl adjacent to an activating group) is 1. The molecule has 1 heterocycles. The summed E-state index contributed by atoms with van der Waals surface area (Å²) in [7, 11) is -1.36. The van der Waals surface area contributed by atoms with Gasteiger partial charge in [0.05, 0.1) is 6.26 Å². The zero-order chi connectivity index (χ0) is 19.6. The topological polar surface area (TPSA) is 57.6 Å². The summed E-state index contributed by atoms with van der Waals surface area (Å²) in [5.41, 5.74) is 4.63. The van der Waals surface area contributed by atoms with Crippen LogP contribution in [0.3, 0.4) is 0 Å². The molecule has 1 N–H and O–H groups in total. The van der Waals surface area contributed by atoms with Crippen molar-refractivity contribution >= 4 is 26.0 Å². The molecule has 4 nitrogen and oxygen atoms in total. The highest BCUT2D eigenvalue weighted by molar-refractivity contribution is 9.10. The number of hydrogen-bond acceptors (Lipinski definition) is 3. The molecule has 1 aliphatic heterocycles. The Labute approximate surface area is 170 Å². The molecule has 146 valence electrons. The number of fused-ring (bicyclic) bond motifs is 3. The Kier molecular flexibility index (Phi) is 6.41. The van der Waals surface area contributed by atoms with Crippen molar-refractivity contribution in [1.29, 1.82) is 0 Å². The van der Waals surface area contributed by atoms with Crippen molar-refractivity contribution in [3.63, 3.8) is 0 Å². The molecule has 27 heavy (non-hydrogen) atoms. The highest BCUT2D eigenvalue weighted by Gasteiger charge is 2.42. The van der Waals surface area contributed by atoms with E-state index in [9.17, 15) is 8.42 Å². The van der Waals surface area contributed by atoms with E-state index in [1.54, 1.807) is 11.1 Å². The van der Waals surface area contributed by atoms with Crippen LogP contribution in [0.15, 0.2) is 53.0 Å². The summed E-state index contributed by atoms with van der Waals surface area (Å²) in [5.74, 6) is 1.52. The fraction of sp³-hybridized carbons (Fsp3) is 0.429. The normalized spacial score (nSPS) is 24.5. The summed E-state index contributed by atoms with van der Waals surface area (Å²) < 4.78 is 27.1. The van der Waals surface area contributed by atoms with E-state index >= 15 is 0 Å². The molecule has 1 unspecified atom stereocenters. The molecule has 0 aromatic heterocycles. The first kappa shape index (κ1) is 20.5. The Balaban J connectivity index is 0.000000376. The molecule has 1 saturated heterocycles. The van der Waals surface area contributed by atoms with Crippen molar-refractivity contribution in [2.24, 2.45) is 5.92 Å². The lowest BCUT2D eigenvalue weighted by atomic mass is 9.74. The van der Waals surface area contributed by atoms with Crippen LogP contribution < -0.4 is 0 Å². The minimum atomic E-state index is -3.67. The van der Waals surface area contributed by atoms with E-state index in [2.05, 4.69) is 76.4 Å². The Morgan fingerprint density at radius 2 is 1.85 bits per heavy atom. The van der Waals surface area contributed by atoms with Crippen molar-refractivity contribution in [2.45, 2.75) is 31.2 Å². The highest BCUT2D eigenvalue weighted by atomic mass is 79.9. The van der Waals surface area contributed by atoms with E-state index in [4.69, 9.17) is 4.55 Å². The van der Waals surface area contributed by atoms with Gasteiger partial charge >= 0.3 is 0 Å². The Bertz CT molecular complexity index is 878. The second-order valence-electron chi connectivity index (χ2n) is 7.58. The largest absolute Gasteiger partial charge is 0.302 e. The van der Waals surface area contributed by atoms with Gasteiger partial charge in [-0.3, -0.25) is 4.55 Å². The fourth-order valence-electron chi connectivity index (χ4n) is 4.54. The maximum Gasteiger partial charge on any atom is 0.261 e. The third kappa shape index (κ3) is 5.41. The Hall–Kier alpha value is -1.21. The molecule has 2 aromatic rings. The predicted octanol–water partition coefficient (Wildman–Crippen LogP) is 4.16. The minimum absolute atomic E-state index is 0.684. The van der Waals surface area contributed by atoms with Crippen molar-refractivity contribution in [2.75, 3.05) is 19.8 Å². The first-order valence-electron chi connectivity index (χ1n) is 9.17. The van der Waals surface area contributed by atoms with Gasteiger partial charge in [-0.15, -0.1) is 0 Å². The average Bonchev–Trinajstić information content (AvgIpc) is 2.90. The molecule has 6 heteroatoms. The van der Waals surface area contributed by atoms with Gasteiger partial charge in [0, 0.05) is 23.0 Å². The van der Waals surface area contributed by atoms with Crippen LogP contribution in [0.2, 0.25) is 0 Å². The summed E-state index contributed by atoms with van der Waals surface area (Å²) in [6.45, 7) is 1.21. The number of rotatable bonds is 2. The van der Waals surface area contributed by atoms with Crippen LogP contribution >= 0.6 is 15.9 Å². The average molecular weight is 452 g/mol. The molecular weight excluding hydrogens is 426 g/mol. The molecule has 0 saturated carbocycles. The first-order valence-corrected chi connectivity index (χ1v) is 11.8. The summed E-state index contributed by atoms with van der Waals surface area (Å²) in [5, 5.41) is 0.